The van der Waals surface area contributed by atoms with Crippen molar-refractivity contribution < 1.29 is 13.2 Å². The van der Waals surface area contributed by atoms with Gasteiger partial charge in [-0.1, -0.05) is 18.2 Å². The fraction of sp³-hybridized carbons (Fsp3) is 0.409. The minimum absolute atomic E-state index is 0.00798. The number of nitrogens with zero attached hydrogens (tertiary/aromatic N) is 4. The van der Waals surface area contributed by atoms with E-state index in [-0.39, 0.29) is 10.8 Å². The van der Waals surface area contributed by atoms with Crippen LogP contribution in [0, 0.1) is 6.92 Å². The van der Waals surface area contributed by atoms with Crippen LogP contribution in [0.2, 0.25) is 0 Å². The van der Waals surface area contributed by atoms with E-state index in [4.69, 9.17) is 4.74 Å². The summed E-state index contributed by atoms with van der Waals surface area (Å²) in [6.07, 6.45) is 5.09. The molecule has 1 saturated heterocycles. The molecule has 0 bridgehead atoms. The summed E-state index contributed by atoms with van der Waals surface area (Å²) >= 11 is 0. The fourth-order valence-corrected chi connectivity index (χ4v) is 5.69. The topological polar surface area (TPSA) is 85.3 Å². The zero-order valence-corrected chi connectivity index (χ0v) is 18.1. The zero-order chi connectivity index (χ0) is 21.1. The third-order valence-electron chi connectivity index (χ3n) is 5.46. The lowest BCUT2D eigenvalue weighted by Crippen LogP contribution is -2.39. The van der Waals surface area contributed by atoms with Crippen molar-refractivity contribution >= 4 is 20.9 Å². The van der Waals surface area contributed by atoms with Gasteiger partial charge in [0.2, 0.25) is 10.0 Å². The Balaban J connectivity index is 1.67. The average Bonchev–Trinajstić information content (AvgIpc) is 2.78. The van der Waals surface area contributed by atoms with E-state index in [2.05, 4.69) is 15.0 Å². The van der Waals surface area contributed by atoms with E-state index in [0.29, 0.717) is 37.6 Å². The summed E-state index contributed by atoms with van der Waals surface area (Å²) in [6.45, 7) is 5.72. The van der Waals surface area contributed by atoms with Gasteiger partial charge in [-0.25, -0.2) is 18.4 Å². The molecule has 0 spiro atoms. The van der Waals surface area contributed by atoms with Crippen molar-refractivity contribution in [3.63, 3.8) is 0 Å². The van der Waals surface area contributed by atoms with Crippen molar-refractivity contribution in [3.05, 3.63) is 59.8 Å². The Labute approximate surface area is 177 Å². The highest BCUT2D eigenvalue weighted by Gasteiger charge is 2.33. The quantitative estimate of drug-likeness (QED) is 0.600. The van der Waals surface area contributed by atoms with Crippen LogP contribution in [0.3, 0.4) is 0 Å². The van der Waals surface area contributed by atoms with E-state index in [1.54, 1.807) is 28.8 Å². The van der Waals surface area contributed by atoms with Crippen LogP contribution in [0.25, 0.3) is 10.9 Å². The van der Waals surface area contributed by atoms with Crippen molar-refractivity contribution in [2.75, 3.05) is 19.7 Å². The lowest BCUT2D eigenvalue weighted by Gasteiger charge is -2.32. The maximum Gasteiger partial charge on any atom is 0.245 e. The number of piperidine rings is 1. The first-order valence-electron chi connectivity index (χ1n) is 10.2. The molecule has 0 amide bonds. The first-order chi connectivity index (χ1) is 14.5. The fourth-order valence-electron chi connectivity index (χ4n) is 4.00. The van der Waals surface area contributed by atoms with E-state index in [0.717, 1.165) is 29.5 Å². The van der Waals surface area contributed by atoms with E-state index in [9.17, 15) is 8.42 Å². The van der Waals surface area contributed by atoms with Gasteiger partial charge >= 0.3 is 0 Å². The van der Waals surface area contributed by atoms with Gasteiger partial charge in [0.15, 0.2) is 0 Å². The van der Waals surface area contributed by atoms with Crippen molar-refractivity contribution in [1.29, 1.82) is 0 Å². The summed E-state index contributed by atoms with van der Waals surface area (Å²) in [5, 5.41) is 0.817. The number of hydrogen-bond acceptors (Lipinski definition) is 6. The number of aryl methyl sites for hydroxylation is 1. The molecule has 2 aromatic heterocycles. The molecular formula is C22H26N4O3S. The maximum atomic E-state index is 13.5. The minimum Gasteiger partial charge on any atom is -0.377 e. The van der Waals surface area contributed by atoms with Gasteiger partial charge in [0.05, 0.1) is 17.8 Å². The van der Waals surface area contributed by atoms with E-state index in [1.807, 2.05) is 32.0 Å². The van der Waals surface area contributed by atoms with E-state index >= 15 is 0 Å². The molecule has 30 heavy (non-hydrogen) atoms. The van der Waals surface area contributed by atoms with Gasteiger partial charge in [-0.15, -0.1) is 0 Å². The molecule has 4 rings (SSSR count). The summed E-state index contributed by atoms with van der Waals surface area (Å²) in [7, 11) is -3.67. The number of fused-ring (bicyclic) bond motifs is 1. The Morgan fingerprint density at radius 2 is 2.03 bits per heavy atom. The third-order valence-corrected chi connectivity index (χ3v) is 7.36. The molecule has 158 valence electrons. The number of pyridine rings is 1. The second-order valence-electron chi connectivity index (χ2n) is 7.50. The molecule has 0 N–H and O–H groups in total. The van der Waals surface area contributed by atoms with Gasteiger partial charge in [-0.2, -0.15) is 4.31 Å². The Morgan fingerprint density at radius 3 is 2.87 bits per heavy atom. The Kier molecular flexibility index (Phi) is 6.08. The van der Waals surface area contributed by atoms with Crippen LogP contribution in [0.1, 0.15) is 42.8 Å². The van der Waals surface area contributed by atoms with Gasteiger partial charge in [0, 0.05) is 49.0 Å². The molecule has 1 atom stereocenters. The summed E-state index contributed by atoms with van der Waals surface area (Å²) in [4.78, 5) is 13.6. The highest BCUT2D eigenvalue weighted by Crippen LogP contribution is 2.32. The number of rotatable bonds is 6. The molecule has 3 aromatic rings. The lowest BCUT2D eigenvalue weighted by atomic mass is 9.93. The van der Waals surface area contributed by atoms with Crippen LogP contribution in [0.4, 0.5) is 0 Å². The van der Waals surface area contributed by atoms with Crippen molar-refractivity contribution in [2.45, 2.75) is 44.1 Å². The second-order valence-corrected chi connectivity index (χ2v) is 9.40. The Bertz CT molecular complexity index is 1140. The molecule has 0 aliphatic carbocycles. The Morgan fingerprint density at radius 1 is 1.20 bits per heavy atom. The van der Waals surface area contributed by atoms with Crippen LogP contribution in [0.5, 0.6) is 0 Å². The van der Waals surface area contributed by atoms with Crippen molar-refractivity contribution in [3.8, 4) is 0 Å². The van der Waals surface area contributed by atoms with Crippen LogP contribution in [-0.2, 0) is 21.4 Å². The zero-order valence-electron chi connectivity index (χ0n) is 17.3. The normalized spacial score (nSPS) is 18.0. The summed E-state index contributed by atoms with van der Waals surface area (Å²) in [5.74, 6) is 0.692. The first-order valence-corrected chi connectivity index (χ1v) is 11.7. The molecule has 1 aromatic carbocycles. The number of ether oxygens (including phenoxy) is 1. The van der Waals surface area contributed by atoms with Crippen LogP contribution in [0.15, 0.2) is 47.6 Å². The van der Waals surface area contributed by atoms with E-state index in [1.165, 1.54) is 0 Å². The summed E-state index contributed by atoms with van der Waals surface area (Å²) in [5.41, 5.74) is 2.34. The SMILES string of the molecule is CCOCc1cnc(C)nc1C1CCCN(S(=O)(=O)c2cccc3cccnc23)C1. The summed E-state index contributed by atoms with van der Waals surface area (Å²) < 4.78 is 34.2. The van der Waals surface area contributed by atoms with Crippen molar-refractivity contribution in [1.82, 2.24) is 19.3 Å². The van der Waals surface area contributed by atoms with E-state index < -0.39 is 10.0 Å². The second kappa shape index (κ2) is 8.75. The maximum absolute atomic E-state index is 13.5. The number of para-hydroxylation sites is 1. The molecule has 1 aliphatic heterocycles. The molecule has 8 heteroatoms. The smallest absolute Gasteiger partial charge is 0.245 e. The van der Waals surface area contributed by atoms with Gasteiger partial charge in [0.25, 0.3) is 0 Å². The third kappa shape index (κ3) is 4.08. The molecule has 1 unspecified atom stereocenters. The standard InChI is InChI=1S/C22H26N4O3S/c1-3-29-15-19-13-24-16(2)25-21(19)18-9-6-12-26(14-18)30(27,28)20-10-4-7-17-8-5-11-23-22(17)20/h4-5,7-8,10-11,13,18H,3,6,9,12,14-15H2,1-2H3. The van der Waals surface area contributed by atoms with Crippen LogP contribution < -0.4 is 0 Å². The summed E-state index contributed by atoms with van der Waals surface area (Å²) in [6, 6.07) is 8.98. The van der Waals surface area contributed by atoms with Gasteiger partial charge in [-0.05, 0) is 38.8 Å². The molecule has 1 aliphatic rings. The number of benzene rings is 1. The molecule has 0 saturated carbocycles. The molecular weight excluding hydrogens is 400 g/mol. The average molecular weight is 427 g/mol. The molecule has 0 radical (unpaired) electrons. The minimum atomic E-state index is -3.67. The van der Waals surface area contributed by atoms with Gasteiger partial charge < -0.3 is 4.74 Å². The predicted octanol–water partition coefficient (Wildman–Crippen LogP) is 3.44. The van der Waals surface area contributed by atoms with Crippen LogP contribution in [-0.4, -0.2) is 47.4 Å². The Hall–Kier alpha value is -2.42. The van der Waals surface area contributed by atoms with Crippen molar-refractivity contribution in [2.24, 2.45) is 0 Å². The lowest BCUT2D eigenvalue weighted by molar-refractivity contribution is 0.132. The predicted molar refractivity (Wildman–Crippen MR) is 115 cm³/mol. The van der Waals surface area contributed by atoms with Gasteiger partial charge in [0.1, 0.15) is 10.7 Å². The van der Waals surface area contributed by atoms with Gasteiger partial charge in [-0.3, -0.25) is 4.98 Å². The molecule has 1 fully saturated rings. The highest BCUT2D eigenvalue weighted by molar-refractivity contribution is 7.89. The number of hydrogen-bond donors (Lipinski definition) is 0. The number of sulfonamides is 1. The molecule has 3 heterocycles. The largest absolute Gasteiger partial charge is 0.377 e. The van der Waals surface area contributed by atoms with Crippen LogP contribution >= 0.6 is 0 Å². The number of aromatic nitrogens is 3. The first kappa shape index (κ1) is 20.8. The molecule has 7 nitrogen and oxygen atoms in total. The highest BCUT2D eigenvalue weighted by atomic mass is 32.2. The monoisotopic (exact) mass is 426 g/mol.